The van der Waals surface area contributed by atoms with Gasteiger partial charge in [0.15, 0.2) is 0 Å². The fourth-order valence-corrected chi connectivity index (χ4v) is 3.66. The topological polar surface area (TPSA) is 70.5 Å². The van der Waals surface area contributed by atoms with Gasteiger partial charge < -0.3 is 21.7 Å². The van der Waals surface area contributed by atoms with Crippen molar-refractivity contribution in [2.45, 2.75) is 69.7 Å². The summed E-state index contributed by atoms with van der Waals surface area (Å²) in [5, 5.41) is 3.38. The highest BCUT2D eigenvalue weighted by Crippen LogP contribution is 2.18. The third-order valence-corrected chi connectivity index (χ3v) is 5.48. The Morgan fingerprint density at radius 3 is 2.14 bits per heavy atom. The average molecular weight is 297 g/mol. The first-order valence-electron chi connectivity index (χ1n) is 8.76. The third kappa shape index (κ3) is 5.18. The van der Waals surface area contributed by atoms with Crippen molar-refractivity contribution in [3.8, 4) is 0 Å². The molecule has 2 atom stereocenters. The van der Waals surface area contributed by atoms with Crippen molar-refractivity contribution in [2.24, 2.45) is 11.5 Å². The van der Waals surface area contributed by atoms with Gasteiger partial charge in [0, 0.05) is 31.2 Å². The molecule has 0 radical (unpaired) electrons. The number of nitrogens with one attached hydrogen (secondary N) is 1. The number of piperidine rings is 2. The van der Waals surface area contributed by atoms with Crippen molar-refractivity contribution in [2.75, 3.05) is 33.2 Å². The van der Waals surface area contributed by atoms with E-state index in [4.69, 9.17) is 11.5 Å². The van der Waals surface area contributed by atoms with Gasteiger partial charge in [-0.3, -0.25) is 4.90 Å². The molecule has 0 amide bonds. The van der Waals surface area contributed by atoms with Crippen LogP contribution in [0.4, 0.5) is 0 Å². The normalized spacial score (nSPS) is 26.9. The summed E-state index contributed by atoms with van der Waals surface area (Å²) >= 11 is 0. The van der Waals surface area contributed by atoms with Crippen LogP contribution in [0.25, 0.3) is 0 Å². The summed E-state index contributed by atoms with van der Waals surface area (Å²) in [5.74, 6) is 0. The summed E-state index contributed by atoms with van der Waals surface area (Å²) in [6, 6.07) is 1.74. The number of rotatable bonds is 6. The molecule has 21 heavy (non-hydrogen) atoms. The van der Waals surface area contributed by atoms with E-state index in [-0.39, 0.29) is 6.17 Å². The van der Waals surface area contributed by atoms with Crippen LogP contribution in [-0.4, -0.2) is 67.3 Å². The van der Waals surface area contributed by atoms with E-state index in [0.29, 0.717) is 18.1 Å². The lowest BCUT2D eigenvalue weighted by molar-refractivity contribution is 0.117. The third-order valence-electron chi connectivity index (χ3n) is 5.48. The SMILES string of the molecule is CNC1CCN(C(N)CCC(C)N2CCC(N)CC2)CC1. The largest absolute Gasteiger partial charge is 0.328 e. The first-order chi connectivity index (χ1) is 10.1. The van der Waals surface area contributed by atoms with Crippen molar-refractivity contribution < 1.29 is 0 Å². The summed E-state index contributed by atoms with van der Waals surface area (Å²) in [6.07, 6.45) is 7.28. The highest BCUT2D eigenvalue weighted by atomic mass is 15.2. The number of nitrogens with two attached hydrogens (primary N) is 2. The van der Waals surface area contributed by atoms with E-state index in [2.05, 4.69) is 29.1 Å². The van der Waals surface area contributed by atoms with Crippen molar-refractivity contribution in [3.63, 3.8) is 0 Å². The maximum atomic E-state index is 6.40. The van der Waals surface area contributed by atoms with Crippen LogP contribution in [0.1, 0.15) is 45.4 Å². The first-order valence-corrected chi connectivity index (χ1v) is 8.76. The minimum Gasteiger partial charge on any atom is -0.328 e. The Morgan fingerprint density at radius 1 is 1.00 bits per heavy atom. The van der Waals surface area contributed by atoms with Gasteiger partial charge in [-0.05, 0) is 65.6 Å². The van der Waals surface area contributed by atoms with E-state index < -0.39 is 0 Å². The van der Waals surface area contributed by atoms with E-state index in [0.717, 1.165) is 45.4 Å². The molecule has 2 unspecified atom stereocenters. The monoisotopic (exact) mass is 297 g/mol. The molecule has 0 aromatic heterocycles. The predicted octanol–water partition coefficient (Wildman–Crippen LogP) is 0.547. The van der Waals surface area contributed by atoms with E-state index >= 15 is 0 Å². The smallest absolute Gasteiger partial charge is 0.0572 e. The molecule has 0 aromatic rings. The van der Waals surface area contributed by atoms with Gasteiger partial charge in [-0.1, -0.05) is 0 Å². The summed E-state index contributed by atoms with van der Waals surface area (Å²) in [7, 11) is 2.06. The van der Waals surface area contributed by atoms with Crippen molar-refractivity contribution in [1.82, 2.24) is 15.1 Å². The van der Waals surface area contributed by atoms with Gasteiger partial charge in [-0.2, -0.15) is 0 Å². The van der Waals surface area contributed by atoms with Crippen LogP contribution >= 0.6 is 0 Å². The van der Waals surface area contributed by atoms with Gasteiger partial charge in [0.05, 0.1) is 6.17 Å². The maximum Gasteiger partial charge on any atom is 0.0572 e. The number of likely N-dealkylation sites (tertiary alicyclic amines) is 2. The molecule has 0 aromatic carbocycles. The van der Waals surface area contributed by atoms with Gasteiger partial charge in [0.1, 0.15) is 0 Å². The van der Waals surface area contributed by atoms with Crippen LogP contribution in [0, 0.1) is 0 Å². The molecular formula is C16H35N5. The van der Waals surface area contributed by atoms with Gasteiger partial charge in [0.2, 0.25) is 0 Å². The maximum absolute atomic E-state index is 6.40. The quantitative estimate of drug-likeness (QED) is 0.668. The molecule has 2 aliphatic heterocycles. The minimum atomic E-state index is 0.234. The number of hydrogen-bond acceptors (Lipinski definition) is 5. The molecule has 2 rings (SSSR count). The summed E-state index contributed by atoms with van der Waals surface area (Å²) < 4.78 is 0. The fraction of sp³-hybridized carbons (Fsp3) is 1.00. The van der Waals surface area contributed by atoms with E-state index in [1.54, 1.807) is 0 Å². The molecule has 2 fully saturated rings. The fourth-order valence-electron chi connectivity index (χ4n) is 3.66. The minimum absolute atomic E-state index is 0.234. The van der Waals surface area contributed by atoms with Crippen LogP contribution in [0.15, 0.2) is 0 Å². The Labute approximate surface area is 130 Å². The molecule has 5 heteroatoms. The second-order valence-corrected chi connectivity index (χ2v) is 6.97. The van der Waals surface area contributed by atoms with Crippen LogP contribution in [0.2, 0.25) is 0 Å². The zero-order valence-electron chi connectivity index (χ0n) is 13.9. The molecule has 2 aliphatic rings. The molecule has 0 bridgehead atoms. The molecule has 0 saturated carbocycles. The summed E-state index contributed by atoms with van der Waals surface area (Å²) in [5.41, 5.74) is 12.4. The van der Waals surface area contributed by atoms with E-state index in [1.165, 1.54) is 19.3 Å². The summed E-state index contributed by atoms with van der Waals surface area (Å²) in [4.78, 5) is 5.05. The number of nitrogens with zero attached hydrogens (tertiary/aromatic N) is 2. The lowest BCUT2D eigenvalue weighted by atomic mass is 10.0. The predicted molar refractivity (Wildman–Crippen MR) is 89.1 cm³/mol. The highest BCUT2D eigenvalue weighted by molar-refractivity contribution is 4.81. The molecule has 5 N–H and O–H groups in total. The Kier molecular flexibility index (Phi) is 6.89. The molecule has 0 aliphatic carbocycles. The second-order valence-electron chi connectivity index (χ2n) is 6.97. The Bertz CT molecular complexity index is 282. The van der Waals surface area contributed by atoms with Crippen molar-refractivity contribution in [1.29, 1.82) is 0 Å². The van der Waals surface area contributed by atoms with Crippen LogP contribution in [-0.2, 0) is 0 Å². The van der Waals surface area contributed by atoms with Crippen molar-refractivity contribution in [3.05, 3.63) is 0 Å². The molecule has 0 spiro atoms. The molecule has 2 saturated heterocycles. The second kappa shape index (κ2) is 8.44. The van der Waals surface area contributed by atoms with E-state index in [9.17, 15) is 0 Å². The van der Waals surface area contributed by atoms with Gasteiger partial charge >= 0.3 is 0 Å². The van der Waals surface area contributed by atoms with Gasteiger partial charge in [-0.15, -0.1) is 0 Å². The zero-order chi connectivity index (χ0) is 15.2. The summed E-state index contributed by atoms with van der Waals surface area (Å²) in [6.45, 7) is 6.94. The first kappa shape index (κ1) is 17.2. The standard InChI is InChI=1S/C16H35N5/c1-13(20-9-5-14(17)6-10-20)3-4-16(18)21-11-7-15(19-2)8-12-21/h13-16,19H,3-12,17-18H2,1-2H3. The number of hydrogen-bond donors (Lipinski definition) is 3. The molecule has 2 heterocycles. The van der Waals surface area contributed by atoms with Crippen LogP contribution in [0.5, 0.6) is 0 Å². The highest BCUT2D eigenvalue weighted by Gasteiger charge is 2.24. The van der Waals surface area contributed by atoms with E-state index in [1.807, 2.05) is 0 Å². The lowest BCUT2D eigenvalue weighted by Gasteiger charge is -2.38. The van der Waals surface area contributed by atoms with Crippen LogP contribution < -0.4 is 16.8 Å². The van der Waals surface area contributed by atoms with Gasteiger partial charge in [-0.25, -0.2) is 0 Å². The van der Waals surface area contributed by atoms with Crippen molar-refractivity contribution >= 4 is 0 Å². The van der Waals surface area contributed by atoms with Gasteiger partial charge in [0.25, 0.3) is 0 Å². The molecular weight excluding hydrogens is 262 g/mol. The zero-order valence-corrected chi connectivity index (χ0v) is 13.9. The lowest BCUT2D eigenvalue weighted by Crippen LogP contribution is -2.50. The Morgan fingerprint density at radius 2 is 1.57 bits per heavy atom. The average Bonchev–Trinajstić information content (AvgIpc) is 2.53. The molecule has 124 valence electrons. The Hall–Kier alpha value is -0.200. The molecule has 5 nitrogen and oxygen atoms in total. The Balaban J connectivity index is 1.65. The van der Waals surface area contributed by atoms with Crippen LogP contribution in [0.3, 0.4) is 0 Å².